The number of aromatic nitrogens is 1. The van der Waals surface area contributed by atoms with Gasteiger partial charge in [0.25, 0.3) is 0 Å². The molecular weight excluding hydrogens is 196 g/mol. The summed E-state index contributed by atoms with van der Waals surface area (Å²) in [7, 11) is 0. The minimum atomic E-state index is 0.985. The molecule has 2 rings (SSSR count). The van der Waals surface area contributed by atoms with Crippen molar-refractivity contribution in [1.82, 2.24) is 4.98 Å². The first-order valence-electron chi connectivity index (χ1n) is 5.28. The zero-order chi connectivity index (χ0) is 11.4. The van der Waals surface area contributed by atoms with Gasteiger partial charge in [0, 0.05) is 23.7 Å². The van der Waals surface area contributed by atoms with E-state index in [4.69, 9.17) is 0 Å². The Morgan fingerprint density at radius 2 is 2.06 bits per heavy atom. The average molecular weight is 210 g/mol. The zero-order valence-corrected chi connectivity index (χ0v) is 9.51. The third-order valence-corrected chi connectivity index (χ3v) is 2.38. The summed E-state index contributed by atoms with van der Waals surface area (Å²) in [5.74, 6) is 0. The van der Waals surface area contributed by atoms with E-state index < -0.39 is 0 Å². The summed E-state index contributed by atoms with van der Waals surface area (Å²) in [5.41, 5.74) is 4.25. The lowest BCUT2D eigenvalue weighted by atomic mass is 10.2. The fourth-order valence-electron chi connectivity index (χ4n) is 1.53. The molecule has 1 aromatic carbocycles. The van der Waals surface area contributed by atoms with Gasteiger partial charge in [0.05, 0.1) is 5.69 Å². The van der Waals surface area contributed by atoms with E-state index in [9.17, 15) is 0 Å². The van der Waals surface area contributed by atoms with Crippen molar-refractivity contribution in [1.29, 1.82) is 0 Å². The summed E-state index contributed by atoms with van der Waals surface area (Å²) in [6, 6.07) is 12.1. The predicted molar refractivity (Wildman–Crippen MR) is 67.3 cm³/mol. The van der Waals surface area contributed by atoms with Crippen molar-refractivity contribution < 1.29 is 0 Å². The Labute approximate surface area is 95.7 Å². The van der Waals surface area contributed by atoms with Gasteiger partial charge in [-0.05, 0) is 37.6 Å². The lowest BCUT2D eigenvalue weighted by molar-refractivity contribution is 1.31. The summed E-state index contributed by atoms with van der Waals surface area (Å²) < 4.78 is 0. The van der Waals surface area contributed by atoms with Crippen LogP contribution in [0.15, 0.2) is 53.8 Å². The Morgan fingerprint density at radius 3 is 2.75 bits per heavy atom. The molecule has 0 unspecified atom stereocenters. The van der Waals surface area contributed by atoms with Crippen LogP contribution in [-0.4, -0.2) is 10.7 Å². The van der Waals surface area contributed by atoms with Gasteiger partial charge in [0.2, 0.25) is 0 Å². The second-order valence-corrected chi connectivity index (χ2v) is 3.78. The van der Waals surface area contributed by atoms with Crippen molar-refractivity contribution in [2.45, 2.75) is 13.8 Å². The van der Waals surface area contributed by atoms with Gasteiger partial charge in [-0.1, -0.05) is 18.2 Å². The first kappa shape index (κ1) is 10.6. The van der Waals surface area contributed by atoms with Gasteiger partial charge >= 0.3 is 0 Å². The highest BCUT2D eigenvalue weighted by atomic mass is 14.7. The number of nitrogens with zero attached hydrogens (tertiary/aromatic N) is 2. The largest absolute Gasteiger partial charge is 0.264 e. The maximum absolute atomic E-state index is 4.57. The minimum absolute atomic E-state index is 0.985. The third kappa shape index (κ3) is 2.54. The molecule has 0 saturated carbocycles. The molecule has 0 aliphatic carbocycles. The van der Waals surface area contributed by atoms with Crippen LogP contribution < -0.4 is 0 Å². The molecule has 0 bridgehead atoms. The van der Waals surface area contributed by atoms with E-state index in [0.717, 1.165) is 17.0 Å². The van der Waals surface area contributed by atoms with Gasteiger partial charge in [-0.3, -0.25) is 9.98 Å². The second-order valence-electron chi connectivity index (χ2n) is 3.78. The van der Waals surface area contributed by atoms with E-state index in [0.29, 0.717) is 0 Å². The van der Waals surface area contributed by atoms with Crippen molar-refractivity contribution >= 4 is 11.4 Å². The van der Waals surface area contributed by atoms with Crippen LogP contribution in [0.5, 0.6) is 0 Å². The number of aryl methyl sites for hydroxylation is 1. The fraction of sp³-hybridized carbons (Fsp3) is 0.143. The van der Waals surface area contributed by atoms with E-state index in [1.54, 1.807) is 6.20 Å². The fourth-order valence-corrected chi connectivity index (χ4v) is 1.53. The topological polar surface area (TPSA) is 25.2 Å². The Balaban J connectivity index is 2.32. The molecular formula is C14H14N2. The van der Waals surface area contributed by atoms with Gasteiger partial charge < -0.3 is 0 Å². The number of aliphatic imine (C=N–C) groups is 1. The van der Waals surface area contributed by atoms with Crippen LogP contribution in [0, 0.1) is 6.92 Å². The Bertz CT molecular complexity index is 501. The van der Waals surface area contributed by atoms with Gasteiger partial charge in [-0.2, -0.15) is 0 Å². The molecule has 0 spiro atoms. The molecule has 1 heterocycles. The third-order valence-electron chi connectivity index (χ3n) is 2.38. The molecule has 0 fully saturated rings. The van der Waals surface area contributed by atoms with Gasteiger partial charge in [0.1, 0.15) is 0 Å². The smallest absolute Gasteiger partial charge is 0.0635 e. The molecule has 0 amide bonds. The van der Waals surface area contributed by atoms with Gasteiger partial charge in [0.15, 0.2) is 0 Å². The predicted octanol–water partition coefficient (Wildman–Crippen LogP) is 3.53. The highest BCUT2D eigenvalue weighted by Crippen LogP contribution is 2.15. The van der Waals surface area contributed by atoms with E-state index >= 15 is 0 Å². The SMILES string of the molecule is CC(=Nc1cccc(C)c1)c1cccnc1. The first-order valence-corrected chi connectivity index (χ1v) is 5.28. The highest BCUT2D eigenvalue weighted by molar-refractivity contribution is 5.99. The summed E-state index contributed by atoms with van der Waals surface area (Å²) in [6.07, 6.45) is 3.60. The monoisotopic (exact) mass is 210 g/mol. The number of pyridine rings is 1. The van der Waals surface area contributed by atoms with E-state index in [-0.39, 0.29) is 0 Å². The first-order chi connectivity index (χ1) is 7.75. The number of rotatable bonds is 2. The van der Waals surface area contributed by atoms with Crippen LogP contribution in [0.3, 0.4) is 0 Å². The quantitative estimate of drug-likeness (QED) is 0.696. The molecule has 0 aliphatic rings. The van der Waals surface area contributed by atoms with E-state index in [1.165, 1.54) is 5.56 Å². The highest BCUT2D eigenvalue weighted by Gasteiger charge is 1.97. The minimum Gasteiger partial charge on any atom is -0.264 e. The van der Waals surface area contributed by atoms with Crippen molar-refractivity contribution in [3.05, 3.63) is 59.9 Å². The van der Waals surface area contributed by atoms with Crippen LogP contribution in [0.2, 0.25) is 0 Å². The average Bonchev–Trinajstić information content (AvgIpc) is 2.30. The summed E-state index contributed by atoms with van der Waals surface area (Å²) in [5, 5.41) is 0. The Morgan fingerprint density at radius 1 is 1.19 bits per heavy atom. The van der Waals surface area contributed by atoms with Crippen molar-refractivity contribution in [2.75, 3.05) is 0 Å². The van der Waals surface area contributed by atoms with Gasteiger partial charge in [-0.25, -0.2) is 0 Å². The van der Waals surface area contributed by atoms with Gasteiger partial charge in [-0.15, -0.1) is 0 Å². The Hall–Kier alpha value is -1.96. The molecule has 0 aliphatic heterocycles. The number of benzene rings is 1. The maximum Gasteiger partial charge on any atom is 0.0635 e. The molecule has 1 aromatic heterocycles. The lowest BCUT2D eigenvalue weighted by Gasteiger charge is -2.01. The van der Waals surface area contributed by atoms with Crippen molar-refractivity contribution in [3.63, 3.8) is 0 Å². The summed E-state index contributed by atoms with van der Waals surface area (Å²) >= 11 is 0. The van der Waals surface area contributed by atoms with Crippen LogP contribution >= 0.6 is 0 Å². The number of hydrogen-bond acceptors (Lipinski definition) is 2. The summed E-state index contributed by atoms with van der Waals surface area (Å²) in [4.78, 5) is 8.65. The van der Waals surface area contributed by atoms with Crippen LogP contribution in [0.25, 0.3) is 0 Å². The summed E-state index contributed by atoms with van der Waals surface area (Å²) in [6.45, 7) is 4.07. The molecule has 2 aromatic rings. The number of hydrogen-bond donors (Lipinski definition) is 0. The normalized spacial score (nSPS) is 11.5. The zero-order valence-electron chi connectivity index (χ0n) is 9.51. The molecule has 2 nitrogen and oxygen atoms in total. The van der Waals surface area contributed by atoms with Crippen molar-refractivity contribution in [3.8, 4) is 0 Å². The van der Waals surface area contributed by atoms with Crippen LogP contribution in [0.1, 0.15) is 18.1 Å². The van der Waals surface area contributed by atoms with Crippen molar-refractivity contribution in [2.24, 2.45) is 4.99 Å². The second kappa shape index (κ2) is 4.71. The maximum atomic E-state index is 4.57. The Kier molecular flexibility index (Phi) is 3.10. The molecule has 0 N–H and O–H groups in total. The standard InChI is InChI=1S/C14H14N2/c1-11-5-3-7-14(9-11)16-12(2)13-6-4-8-15-10-13/h3-10H,1-2H3. The van der Waals surface area contributed by atoms with E-state index in [1.807, 2.05) is 37.4 Å². The molecule has 0 saturated heterocycles. The van der Waals surface area contributed by atoms with Crippen LogP contribution in [0.4, 0.5) is 5.69 Å². The molecule has 80 valence electrons. The van der Waals surface area contributed by atoms with E-state index in [2.05, 4.69) is 29.0 Å². The molecule has 0 radical (unpaired) electrons. The lowest BCUT2D eigenvalue weighted by Crippen LogP contribution is -1.93. The molecule has 0 atom stereocenters. The molecule has 16 heavy (non-hydrogen) atoms. The van der Waals surface area contributed by atoms with Crippen LogP contribution in [-0.2, 0) is 0 Å². The molecule has 2 heteroatoms.